The minimum Gasteiger partial charge on any atom is -0.507 e. The molecular weight excluding hydrogens is 192 g/mol. The van der Waals surface area contributed by atoms with E-state index in [0.717, 1.165) is 0 Å². The molecule has 2 N–H and O–H groups in total. The first-order valence-electron chi connectivity index (χ1n) is 4.86. The van der Waals surface area contributed by atoms with Gasteiger partial charge in [0.05, 0.1) is 17.9 Å². The molecule has 0 atom stereocenters. The van der Waals surface area contributed by atoms with Gasteiger partial charge in [-0.15, -0.1) is 0 Å². The van der Waals surface area contributed by atoms with E-state index in [9.17, 15) is 5.11 Å². The van der Waals surface area contributed by atoms with Crippen molar-refractivity contribution in [3.8, 4) is 11.5 Å². The monoisotopic (exact) mass is 208 g/mol. The first kappa shape index (κ1) is 11.4. The van der Waals surface area contributed by atoms with Crippen LogP contribution in [0, 0.1) is 0 Å². The van der Waals surface area contributed by atoms with Crippen molar-refractivity contribution in [2.24, 2.45) is 5.10 Å². The minimum atomic E-state index is 0.178. The standard InChI is InChI=1S/C11H16N2O2/c1-4-15-10-7-5-6-9(14)11(10)8(2)13-12-3/h5-7,12,14H,4H2,1-3H3/b13-8-. The average Bonchev–Trinajstić information content (AvgIpc) is 2.18. The molecule has 0 saturated heterocycles. The van der Waals surface area contributed by atoms with Crippen LogP contribution in [0.1, 0.15) is 19.4 Å². The lowest BCUT2D eigenvalue weighted by Crippen LogP contribution is -2.06. The van der Waals surface area contributed by atoms with Gasteiger partial charge in [0, 0.05) is 7.05 Å². The highest BCUT2D eigenvalue weighted by Gasteiger charge is 2.11. The van der Waals surface area contributed by atoms with Gasteiger partial charge in [0.25, 0.3) is 0 Å². The SMILES string of the molecule is CCOc1cccc(O)c1/C(C)=N\NC. The molecule has 1 aromatic rings. The Balaban J connectivity index is 3.18. The van der Waals surface area contributed by atoms with Gasteiger partial charge in [-0.05, 0) is 26.0 Å². The van der Waals surface area contributed by atoms with Crippen molar-refractivity contribution in [1.29, 1.82) is 0 Å². The molecule has 0 heterocycles. The molecule has 82 valence electrons. The lowest BCUT2D eigenvalue weighted by Gasteiger charge is -2.11. The number of nitrogens with zero attached hydrogens (tertiary/aromatic N) is 1. The zero-order valence-corrected chi connectivity index (χ0v) is 9.24. The van der Waals surface area contributed by atoms with E-state index in [4.69, 9.17) is 4.74 Å². The van der Waals surface area contributed by atoms with Gasteiger partial charge in [-0.1, -0.05) is 6.07 Å². The Bertz CT molecular complexity index is 362. The third kappa shape index (κ3) is 2.62. The van der Waals surface area contributed by atoms with Gasteiger partial charge < -0.3 is 15.3 Å². The van der Waals surface area contributed by atoms with E-state index in [1.807, 2.05) is 19.9 Å². The van der Waals surface area contributed by atoms with Crippen LogP contribution in [-0.2, 0) is 0 Å². The third-order valence-corrected chi connectivity index (χ3v) is 1.95. The summed E-state index contributed by atoms with van der Waals surface area (Å²) in [6, 6.07) is 5.18. The normalized spacial score (nSPS) is 11.3. The number of phenolic OH excluding ortho intramolecular Hbond substituents is 1. The van der Waals surface area contributed by atoms with Crippen LogP contribution in [0.25, 0.3) is 0 Å². The maximum absolute atomic E-state index is 9.73. The Morgan fingerprint density at radius 1 is 1.53 bits per heavy atom. The number of hydrazone groups is 1. The molecule has 0 aliphatic heterocycles. The highest BCUT2D eigenvalue weighted by molar-refractivity contribution is 6.03. The molecule has 0 aliphatic carbocycles. The van der Waals surface area contributed by atoms with Crippen LogP contribution in [0.15, 0.2) is 23.3 Å². The van der Waals surface area contributed by atoms with Crippen molar-refractivity contribution in [2.45, 2.75) is 13.8 Å². The van der Waals surface area contributed by atoms with E-state index in [-0.39, 0.29) is 5.75 Å². The molecule has 1 aromatic carbocycles. The summed E-state index contributed by atoms with van der Waals surface area (Å²) in [6.07, 6.45) is 0. The van der Waals surface area contributed by atoms with E-state index in [1.165, 1.54) is 0 Å². The first-order chi connectivity index (χ1) is 7.20. The van der Waals surface area contributed by atoms with Gasteiger partial charge in [-0.2, -0.15) is 5.10 Å². The molecular formula is C11H16N2O2. The number of rotatable bonds is 4. The summed E-state index contributed by atoms with van der Waals surface area (Å²) >= 11 is 0. The molecule has 0 aromatic heterocycles. The minimum absolute atomic E-state index is 0.178. The summed E-state index contributed by atoms with van der Waals surface area (Å²) in [4.78, 5) is 0. The molecule has 0 amide bonds. The Labute approximate surface area is 89.6 Å². The Hall–Kier alpha value is -1.71. The molecule has 4 nitrogen and oxygen atoms in total. The summed E-state index contributed by atoms with van der Waals surface area (Å²) < 4.78 is 5.42. The van der Waals surface area contributed by atoms with Gasteiger partial charge in [0.1, 0.15) is 11.5 Å². The lowest BCUT2D eigenvalue weighted by molar-refractivity contribution is 0.337. The van der Waals surface area contributed by atoms with Crippen LogP contribution in [0.5, 0.6) is 11.5 Å². The smallest absolute Gasteiger partial charge is 0.132 e. The fraction of sp³-hybridized carbons (Fsp3) is 0.364. The van der Waals surface area contributed by atoms with Crippen molar-refractivity contribution in [1.82, 2.24) is 5.43 Å². The molecule has 0 saturated carbocycles. The fourth-order valence-electron chi connectivity index (χ4n) is 1.38. The van der Waals surface area contributed by atoms with Crippen molar-refractivity contribution >= 4 is 5.71 Å². The summed E-state index contributed by atoms with van der Waals surface area (Å²) in [6.45, 7) is 4.27. The second-order valence-corrected chi connectivity index (χ2v) is 3.00. The van der Waals surface area contributed by atoms with Crippen LogP contribution in [-0.4, -0.2) is 24.5 Å². The second kappa shape index (κ2) is 5.24. The van der Waals surface area contributed by atoms with Crippen LogP contribution in [0.3, 0.4) is 0 Å². The van der Waals surface area contributed by atoms with Gasteiger partial charge in [-0.25, -0.2) is 0 Å². The number of hydrogen-bond donors (Lipinski definition) is 2. The quantitative estimate of drug-likeness (QED) is 0.585. The Morgan fingerprint density at radius 3 is 2.87 bits per heavy atom. The maximum Gasteiger partial charge on any atom is 0.132 e. The zero-order valence-electron chi connectivity index (χ0n) is 9.24. The number of nitrogens with one attached hydrogen (secondary N) is 1. The van der Waals surface area contributed by atoms with Crippen molar-refractivity contribution in [3.05, 3.63) is 23.8 Å². The zero-order chi connectivity index (χ0) is 11.3. The first-order valence-corrected chi connectivity index (χ1v) is 4.86. The topological polar surface area (TPSA) is 53.9 Å². The summed E-state index contributed by atoms with van der Waals surface area (Å²) in [5, 5.41) is 13.8. The van der Waals surface area contributed by atoms with Gasteiger partial charge >= 0.3 is 0 Å². The molecule has 0 radical (unpaired) electrons. The van der Waals surface area contributed by atoms with Gasteiger partial charge in [0.15, 0.2) is 0 Å². The number of hydrogen-bond acceptors (Lipinski definition) is 4. The number of phenols is 1. The van der Waals surface area contributed by atoms with Gasteiger partial charge in [-0.3, -0.25) is 0 Å². The molecule has 0 unspecified atom stereocenters. The molecule has 0 spiro atoms. The molecule has 0 fully saturated rings. The van der Waals surface area contributed by atoms with Crippen molar-refractivity contribution in [2.75, 3.05) is 13.7 Å². The van der Waals surface area contributed by atoms with Crippen LogP contribution >= 0.6 is 0 Å². The lowest BCUT2D eigenvalue weighted by atomic mass is 10.1. The molecule has 1 rings (SSSR count). The van der Waals surface area contributed by atoms with E-state index < -0.39 is 0 Å². The Morgan fingerprint density at radius 2 is 2.27 bits per heavy atom. The molecule has 15 heavy (non-hydrogen) atoms. The van der Waals surface area contributed by atoms with Crippen LogP contribution < -0.4 is 10.2 Å². The van der Waals surface area contributed by atoms with Crippen LogP contribution in [0.2, 0.25) is 0 Å². The molecule has 4 heteroatoms. The van der Waals surface area contributed by atoms with Crippen molar-refractivity contribution < 1.29 is 9.84 Å². The second-order valence-electron chi connectivity index (χ2n) is 3.00. The largest absolute Gasteiger partial charge is 0.507 e. The van der Waals surface area contributed by atoms with E-state index in [1.54, 1.807) is 19.2 Å². The van der Waals surface area contributed by atoms with E-state index in [0.29, 0.717) is 23.6 Å². The highest BCUT2D eigenvalue weighted by atomic mass is 16.5. The predicted octanol–water partition coefficient (Wildman–Crippen LogP) is 1.73. The van der Waals surface area contributed by atoms with Gasteiger partial charge in [0.2, 0.25) is 0 Å². The average molecular weight is 208 g/mol. The highest BCUT2D eigenvalue weighted by Crippen LogP contribution is 2.28. The fourth-order valence-corrected chi connectivity index (χ4v) is 1.38. The molecule has 0 bridgehead atoms. The summed E-state index contributed by atoms with van der Waals surface area (Å²) in [5.74, 6) is 0.825. The number of aromatic hydroxyl groups is 1. The third-order valence-electron chi connectivity index (χ3n) is 1.95. The van der Waals surface area contributed by atoms with E-state index in [2.05, 4.69) is 10.5 Å². The number of benzene rings is 1. The Kier molecular flexibility index (Phi) is 3.97. The maximum atomic E-state index is 9.73. The van der Waals surface area contributed by atoms with Crippen molar-refractivity contribution in [3.63, 3.8) is 0 Å². The molecule has 0 aliphatic rings. The summed E-state index contributed by atoms with van der Waals surface area (Å²) in [7, 11) is 1.71. The van der Waals surface area contributed by atoms with E-state index >= 15 is 0 Å². The number of ether oxygens (including phenoxy) is 1. The van der Waals surface area contributed by atoms with Crippen LogP contribution in [0.4, 0.5) is 0 Å². The summed E-state index contributed by atoms with van der Waals surface area (Å²) in [5.41, 5.74) is 4.01. The predicted molar refractivity (Wildman–Crippen MR) is 60.5 cm³/mol.